The van der Waals surface area contributed by atoms with E-state index in [1.54, 1.807) is 49.4 Å². The van der Waals surface area contributed by atoms with Crippen LogP contribution in [0.5, 0.6) is 17.2 Å². The van der Waals surface area contributed by atoms with Gasteiger partial charge in [0.25, 0.3) is 5.78 Å². The number of ketones is 1. The minimum Gasteiger partial charge on any atom is -0.507 e. The Bertz CT molecular complexity index is 1270. The molecule has 1 atom stereocenters. The van der Waals surface area contributed by atoms with Crippen LogP contribution in [0.2, 0.25) is 0 Å². The molecule has 34 heavy (non-hydrogen) atoms. The lowest BCUT2D eigenvalue weighted by Crippen LogP contribution is -2.29. The smallest absolute Gasteiger partial charge is 0.301 e. The van der Waals surface area contributed by atoms with E-state index in [1.807, 2.05) is 6.92 Å². The van der Waals surface area contributed by atoms with E-state index in [4.69, 9.17) is 14.2 Å². The van der Waals surface area contributed by atoms with Crippen molar-refractivity contribution in [3.05, 3.63) is 64.2 Å². The third-order valence-corrected chi connectivity index (χ3v) is 6.17. The lowest BCUT2D eigenvalue weighted by Gasteiger charge is -2.23. The van der Waals surface area contributed by atoms with Crippen LogP contribution in [0.3, 0.4) is 0 Å². The zero-order chi connectivity index (χ0) is 24.4. The first-order chi connectivity index (χ1) is 16.4. The summed E-state index contributed by atoms with van der Waals surface area (Å²) in [6, 6.07) is 10.8. The van der Waals surface area contributed by atoms with Crippen molar-refractivity contribution in [3.8, 4) is 17.2 Å². The number of rotatable bonds is 7. The summed E-state index contributed by atoms with van der Waals surface area (Å²) in [7, 11) is 3.01. The summed E-state index contributed by atoms with van der Waals surface area (Å²) >= 11 is 1.18. The van der Waals surface area contributed by atoms with Gasteiger partial charge in [-0.2, -0.15) is 0 Å². The number of hydrogen-bond acceptors (Lipinski definition) is 9. The molecule has 2 heterocycles. The molecule has 0 bridgehead atoms. The minimum absolute atomic E-state index is 0.0609. The summed E-state index contributed by atoms with van der Waals surface area (Å²) in [6.07, 6.45) is 0. The summed E-state index contributed by atoms with van der Waals surface area (Å²) in [6.45, 7) is 4.12. The SMILES string of the molecule is CCOc1ccc(/C(O)=C2\C(=O)C(=O)N(c3nnc(C)s3)[C@@H]2c2ccc(OC)c(OC)c2)cc1. The van der Waals surface area contributed by atoms with Crippen molar-refractivity contribution in [2.24, 2.45) is 0 Å². The molecule has 0 aliphatic carbocycles. The first-order valence-electron chi connectivity index (χ1n) is 10.5. The van der Waals surface area contributed by atoms with Crippen molar-refractivity contribution < 1.29 is 28.9 Å². The molecule has 1 fully saturated rings. The van der Waals surface area contributed by atoms with Crippen molar-refractivity contribution >= 4 is 33.9 Å². The highest BCUT2D eigenvalue weighted by Gasteiger charge is 2.48. The number of carbonyl (C=O) groups excluding carboxylic acids is 2. The molecule has 10 heteroatoms. The van der Waals surface area contributed by atoms with E-state index in [-0.39, 0.29) is 16.5 Å². The number of aromatic nitrogens is 2. The zero-order valence-electron chi connectivity index (χ0n) is 19.1. The van der Waals surface area contributed by atoms with E-state index < -0.39 is 17.7 Å². The van der Waals surface area contributed by atoms with Gasteiger partial charge in [0, 0.05) is 5.56 Å². The van der Waals surface area contributed by atoms with E-state index in [0.717, 1.165) is 0 Å². The third-order valence-electron chi connectivity index (χ3n) is 5.33. The van der Waals surface area contributed by atoms with Crippen LogP contribution in [0.4, 0.5) is 5.13 Å². The first kappa shape index (κ1) is 23.2. The molecule has 1 saturated heterocycles. The van der Waals surface area contributed by atoms with Gasteiger partial charge in [0.1, 0.15) is 16.5 Å². The fourth-order valence-corrected chi connectivity index (χ4v) is 4.50. The Hall–Kier alpha value is -3.92. The number of ether oxygens (including phenoxy) is 3. The van der Waals surface area contributed by atoms with Crippen molar-refractivity contribution in [1.29, 1.82) is 0 Å². The molecule has 176 valence electrons. The molecule has 0 saturated carbocycles. The highest BCUT2D eigenvalue weighted by Crippen LogP contribution is 2.44. The van der Waals surface area contributed by atoms with Gasteiger partial charge in [-0.15, -0.1) is 10.2 Å². The van der Waals surface area contributed by atoms with Gasteiger partial charge in [0.2, 0.25) is 5.13 Å². The van der Waals surface area contributed by atoms with Gasteiger partial charge in [-0.1, -0.05) is 17.4 Å². The van der Waals surface area contributed by atoms with Gasteiger partial charge >= 0.3 is 5.91 Å². The zero-order valence-corrected chi connectivity index (χ0v) is 19.9. The summed E-state index contributed by atoms with van der Waals surface area (Å²) in [5.74, 6) is -0.394. The van der Waals surface area contributed by atoms with Crippen LogP contribution in [0.1, 0.15) is 29.1 Å². The third kappa shape index (κ3) is 4.08. The molecule has 3 aromatic rings. The summed E-state index contributed by atoms with van der Waals surface area (Å²) in [4.78, 5) is 27.6. The molecular weight excluding hydrogens is 458 g/mol. The Kier molecular flexibility index (Phi) is 6.51. The van der Waals surface area contributed by atoms with Crippen LogP contribution in [0, 0.1) is 6.92 Å². The standard InChI is InChI=1S/C24H23N3O6S/c1-5-33-16-9-6-14(7-10-16)21(28)19-20(15-8-11-17(31-3)18(12-15)32-4)27(23(30)22(19)29)24-26-25-13(2)34-24/h6-12,20,28H,5H2,1-4H3/b21-19+/t20-/m1/s1. The summed E-state index contributed by atoms with van der Waals surface area (Å²) < 4.78 is 16.2. The number of aryl methyl sites for hydroxylation is 1. The number of benzene rings is 2. The van der Waals surface area contributed by atoms with Gasteiger partial charge in [-0.05, 0) is 55.8 Å². The van der Waals surface area contributed by atoms with Crippen LogP contribution in [-0.2, 0) is 9.59 Å². The summed E-state index contributed by atoms with van der Waals surface area (Å²) in [5, 5.41) is 20.2. The lowest BCUT2D eigenvalue weighted by molar-refractivity contribution is -0.132. The largest absolute Gasteiger partial charge is 0.507 e. The Balaban J connectivity index is 1.91. The van der Waals surface area contributed by atoms with Crippen LogP contribution in [0.15, 0.2) is 48.0 Å². The normalized spacial score (nSPS) is 17.2. The second-order valence-electron chi connectivity index (χ2n) is 7.34. The van der Waals surface area contributed by atoms with E-state index in [2.05, 4.69) is 10.2 Å². The maximum absolute atomic E-state index is 13.2. The quantitative estimate of drug-likeness (QED) is 0.307. The first-order valence-corrected chi connectivity index (χ1v) is 11.3. The second-order valence-corrected chi connectivity index (χ2v) is 8.50. The Morgan fingerprint density at radius 3 is 2.35 bits per heavy atom. The Labute approximate surface area is 200 Å². The number of amides is 1. The van der Waals surface area contributed by atoms with E-state index in [0.29, 0.717) is 40.0 Å². The Morgan fingerprint density at radius 2 is 1.76 bits per heavy atom. The minimum atomic E-state index is -0.946. The second kappa shape index (κ2) is 9.52. The molecule has 0 spiro atoms. The molecule has 0 unspecified atom stereocenters. The molecule has 2 aromatic carbocycles. The van der Waals surface area contributed by atoms with Gasteiger partial charge in [0.15, 0.2) is 11.5 Å². The average Bonchev–Trinajstić information content (AvgIpc) is 3.39. The molecule has 1 aliphatic heterocycles. The van der Waals surface area contributed by atoms with Crippen LogP contribution in [-0.4, -0.2) is 47.8 Å². The average molecular weight is 482 g/mol. The molecule has 1 amide bonds. The molecule has 4 rings (SSSR count). The molecule has 1 N–H and O–H groups in total. The van der Waals surface area contributed by atoms with E-state index >= 15 is 0 Å². The van der Waals surface area contributed by atoms with Gasteiger partial charge in [-0.25, -0.2) is 0 Å². The lowest BCUT2D eigenvalue weighted by atomic mass is 9.95. The van der Waals surface area contributed by atoms with Gasteiger partial charge in [-0.3, -0.25) is 14.5 Å². The number of hydrogen-bond donors (Lipinski definition) is 1. The molecule has 0 radical (unpaired) electrons. The van der Waals surface area contributed by atoms with Crippen LogP contribution >= 0.6 is 11.3 Å². The molecular formula is C24H23N3O6S. The fourth-order valence-electron chi connectivity index (χ4n) is 3.78. The highest BCUT2D eigenvalue weighted by atomic mass is 32.1. The number of carbonyl (C=O) groups is 2. The van der Waals surface area contributed by atoms with Crippen molar-refractivity contribution in [2.75, 3.05) is 25.7 Å². The number of methoxy groups -OCH3 is 2. The number of nitrogens with zero attached hydrogens (tertiary/aromatic N) is 3. The van der Waals surface area contributed by atoms with Crippen molar-refractivity contribution in [2.45, 2.75) is 19.9 Å². The van der Waals surface area contributed by atoms with Crippen molar-refractivity contribution in [3.63, 3.8) is 0 Å². The number of Topliss-reactive ketones (excluding diaryl/α,β-unsaturated/α-hetero) is 1. The molecule has 1 aliphatic rings. The highest BCUT2D eigenvalue weighted by molar-refractivity contribution is 7.15. The van der Waals surface area contributed by atoms with E-state index in [9.17, 15) is 14.7 Å². The maximum atomic E-state index is 13.2. The monoisotopic (exact) mass is 481 g/mol. The summed E-state index contributed by atoms with van der Waals surface area (Å²) in [5.41, 5.74) is 0.854. The topological polar surface area (TPSA) is 111 Å². The van der Waals surface area contributed by atoms with Gasteiger partial charge < -0.3 is 19.3 Å². The van der Waals surface area contributed by atoms with Crippen LogP contribution < -0.4 is 19.1 Å². The van der Waals surface area contributed by atoms with Gasteiger partial charge in [0.05, 0.1) is 32.4 Å². The maximum Gasteiger partial charge on any atom is 0.301 e. The van der Waals surface area contributed by atoms with E-state index in [1.165, 1.54) is 30.5 Å². The number of anilines is 1. The molecule has 1 aromatic heterocycles. The number of aliphatic hydroxyl groups is 1. The predicted molar refractivity (Wildman–Crippen MR) is 127 cm³/mol. The van der Waals surface area contributed by atoms with Crippen LogP contribution in [0.25, 0.3) is 5.76 Å². The number of aliphatic hydroxyl groups excluding tert-OH is 1. The van der Waals surface area contributed by atoms with Crippen molar-refractivity contribution in [1.82, 2.24) is 10.2 Å². The molecule has 9 nitrogen and oxygen atoms in total. The fraction of sp³-hybridized carbons (Fsp3) is 0.250. The Morgan fingerprint density at radius 1 is 1.06 bits per heavy atom. The predicted octanol–water partition coefficient (Wildman–Crippen LogP) is 3.89.